The predicted octanol–water partition coefficient (Wildman–Crippen LogP) is 5.88. The maximum atomic E-state index is 11.9. The molecular weight excluding hydrogens is 484 g/mol. The minimum absolute atomic E-state index is 0.0675. The Morgan fingerprint density at radius 1 is 0.632 bits per heavy atom. The van der Waals surface area contributed by atoms with Gasteiger partial charge < -0.3 is 24.8 Å². The zero-order valence-electron chi connectivity index (χ0n) is 23.6. The molecule has 0 aliphatic carbocycles. The van der Waals surface area contributed by atoms with Crippen molar-refractivity contribution in [3.05, 3.63) is 48.6 Å². The minimum Gasteiger partial charge on any atom is -0.463 e. The zero-order valence-corrected chi connectivity index (χ0v) is 23.6. The van der Waals surface area contributed by atoms with Crippen LogP contribution in [0.4, 0.5) is 0 Å². The average Bonchev–Trinajstić information content (AvgIpc) is 2.91. The Morgan fingerprint density at radius 2 is 1.13 bits per heavy atom. The second kappa shape index (κ2) is 26.4. The summed E-state index contributed by atoms with van der Waals surface area (Å²) in [5, 5.41) is 30.0. The molecule has 0 aromatic carbocycles. The predicted molar refractivity (Wildman–Crippen MR) is 152 cm³/mol. The molecule has 3 N–H and O–H groups in total. The first kappa shape index (κ1) is 35.8. The van der Waals surface area contributed by atoms with Gasteiger partial charge >= 0.3 is 11.9 Å². The monoisotopic (exact) mass is 536 g/mol. The second-order valence-corrected chi connectivity index (χ2v) is 9.45. The fraction of sp³-hybridized carbons (Fsp3) is 0.677. The van der Waals surface area contributed by atoms with Crippen molar-refractivity contribution in [2.24, 2.45) is 0 Å². The number of aliphatic hydroxyl groups is 3. The van der Waals surface area contributed by atoms with Crippen LogP contribution in [0.1, 0.15) is 104 Å². The van der Waals surface area contributed by atoms with Gasteiger partial charge in [0.15, 0.2) is 0 Å². The van der Waals surface area contributed by atoms with Crippen molar-refractivity contribution in [1.82, 2.24) is 0 Å². The van der Waals surface area contributed by atoms with Crippen LogP contribution in [-0.2, 0) is 19.1 Å². The van der Waals surface area contributed by atoms with Crippen LogP contribution in [0.25, 0.3) is 0 Å². The van der Waals surface area contributed by atoms with Crippen LogP contribution in [0.2, 0.25) is 0 Å². The van der Waals surface area contributed by atoms with Gasteiger partial charge in [-0.05, 0) is 51.4 Å². The van der Waals surface area contributed by atoms with Crippen LogP contribution in [-0.4, -0.2) is 58.8 Å². The quantitative estimate of drug-likeness (QED) is 0.0802. The molecule has 0 aromatic rings. The lowest BCUT2D eigenvalue weighted by Gasteiger charge is -2.16. The summed E-state index contributed by atoms with van der Waals surface area (Å²) in [5.41, 5.74) is 0. The first-order valence-corrected chi connectivity index (χ1v) is 14.4. The molecule has 3 atom stereocenters. The van der Waals surface area contributed by atoms with E-state index in [1.165, 1.54) is 0 Å². The Labute approximate surface area is 230 Å². The molecule has 7 nitrogen and oxygen atoms in total. The molecule has 0 aromatic heterocycles. The highest BCUT2D eigenvalue weighted by Gasteiger charge is 2.16. The summed E-state index contributed by atoms with van der Waals surface area (Å²) in [6.45, 7) is 3.79. The van der Waals surface area contributed by atoms with Crippen molar-refractivity contribution < 1.29 is 34.4 Å². The van der Waals surface area contributed by atoms with Gasteiger partial charge in [0.2, 0.25) is 0 Å². The fourth-order valence-corrected chi connectivity index (χ4v) is 3.46. The lowest BCUT2D eigenvalue weighted by molar-refractivity contribution is -0.152. The Hall–Kier alpha value is -2.22. The highest BCUT2D eigenvalue weighted by Crippen LogP contribution is 2.10. The van der Waals surface area contributed by atoms with Gasteiger partial charge in [0.1, 0.15) is 19.3 Å². The third-order valence-electron chi connectivity index (χ3n) is 5.78. The van der Waals surface area contributed by atoms with Gasteiger partial charge in [0, 0.05) is 12.8 Å². The van der Waals surface area contributed by atoms with Gasteiger partial charge in [-0.1, -0.05) is 88.1 Å². The van der Waals surface area contributed by atoms with Crippen LogP contribution < -0.4 is 0 Å². The van der Waals surface area contributed by atoms with Gasteiger partial charge in [-0.25, -0.2) is 0 Å². The van der Waals surface area contributed by atoms with E-state index >= 15 is 0 Å². The van der Waals surface area contributed by atoms with Gasteiger partial charge in [-0.2, -0.15) is 0 Å². The Balaban J connectivity index is 3.83. The minimum atomic E-state index is -1.07. The molecule has 7 heteroatoms. The van der Waals surface area contributed by atoms with E-state index in [4.69, 9.17) is 9.47 Å². The topological polar surface area (TPSA) is 113 Å². The molecule has 0 amide bonds. The molecule has 0 aliphatic rings. The molecule has 0 rings (SSSR count). The molecule has 0 saturated heterocycles. The van der Waals surface area contributed by atoms with Gasteiger partial charge in [0.25, 0.3) is 0 Å². The van der Waals surface area contributed by atoms with E-state index in [1.807, 2.05) is 12.2 Å². The largest absolute Gasteiger partial charge is 0.463 e. The zero-order chi connectivity index (χ0) is 28.3. The second-order valence-electron chi connectivity index (χ2n) is 9.45. The van der Waals surface area contributed by atoms with E-state index in [0.717, 1.165) is 57.8 Å². The molecule has 0 radical (unpaired) electrons. The molecule has 0 saturated carbocycles. The maximum Gasteiger partial charge on any atom is 0.305 e. The number of aliphatic hydroxyl groups excluding tert-OH is 3. The normalized spacial score (nSPS) is 14.6. The van der Waals surface area contributed by atoms with Crippen molar-refractivity contribution >= 4 is 11.9 Å². The molecule has 0 fully saturated rings. The van der Waals surface area contributed by atoms with Crippen molar-refractivity contribution in [2.45, 2.75) is 122 Å². The van der Waals surface area contributed by atoms with E-state index in [-0.39, 0.29) is 32.0 Å². The SMILES string of the molecule is CC/C=C\C/C=C\C/C=C\C/C=C\C[C@H](O)[C@@H](O)CCCC(=O)OC[C@@H](O)COC(=O)CCCCCCC. The van der Waals surface area contributed by atoms with E-state index in [0.29, 0.717) is 19.3 Å². The van der Waals surface area contributed by atoms with Crippen LogP contribution in [0.3, 0.4) is 0 Å². The van der Waals surface area contributed by atoms with Gasteiger partial charge in [-0.15, -0.1) is 0 Å². The molecule has 0 unspecified atom stereocenters. The standard InChI is InChI=1S/C31H52O7/c1-3-5-7-9-10-11-12-13-14-15-17-18-21-28(33)29(34)22-20-24-31(36)38-26-27(32)25-37-30(35)23-19-16-8-6-4-2/h5,7,10-11,13-14,17-18,27-29,32-34H,3-4,6,8-9,12,15-16,19-26H2,1-2H3/b7-5-,11-10-,14-13-,18-17-/t27-,28-,29-/m0/s1. The number of carbonyl (C=O) groups is 2. The van der Waals surface area contributed by atoms with Crippen LogP contribution in [0.15, 0.2) is 48.6 Å². The van der Waals surface area contributed by atoms with Crippen LogP contribution in [0.5, 0.6) is 0 Å². The van der Waals surface area contributed by atoms with Crippen LogP contribution >= 0.6 is 0 Å². The lowest BCUT2D eigenvalue weighted by atomic mass is 10.0. The van der Waals surface area contributed by atoms with Crippen molar-refractivity contribution in [1.29, 1.82) is 0 Å². The van der Waals surface area contributed by atoms with Crippen molar-refractivity contribution in [3.8, 4) is 0 Å². The number of allylic oxidation sites excluding steroid dienone is 7. The number of ether oxygens (including phenoxy) is 2. The highest BCUT2D eigenvalue weighted by molar-refractivity contribution is 5.69. The number of carbonyl (C=O) groups excluding carboxylic acids is 2. The first-order chi connectivity index (χ1) is 18.4. The summed E-state index contributed by atoms with van der Waals surface area (Å²) in [4.78, 5) is 23.5. The third-order valence-corrected chi connectivity index (χ3v) is 5.78. The van der Waals surface area contributed by atoms with Crippen molar-refractivity contribution in [3.63, 3.8) is 0 Å². The van der Waals surface area contributed by atoms with Crippen LogP contribution in [0, 0.1) is 0 Å². The van der Waals surface area contributed by atoms with Gasteiger partial charge in [0.05, 0.1) is 12.2 Å². The van der Waals surface area contributed by atoms with E-state index in [2.05, 4.69) is 50.3 Å². The van der Waals surface area contributed by atoms with Crippen molar-refractivity contribution in [2.75, 3.05) is 13.2 Å². The lowest BCUT2D eigenvalue weighted by Crippen LogP contribution is -2.26. The third kappa shape index (κ3) is 24.1. The summed E-state index contributed by atoms with van der Waals surface area (Å²) < 4.78 is 10.0. The molecule has 0 bridgehead atoms. The first-order valence-electron chi connectivity index (χ1n) is 14.4. The number of unbranched alkanes of at least 4 members (excludes halogenated alkanes) is 4. The number of esters is 2. The Bertz CT molecular complexity index is 696. The number of hydrogen-bond donors (Lipinski definition) is 3. The Kier molecular flexibility index (Phi) is 24.8. The summed E-state index contributed by atoms with van der Waals surface area (Å²) >= 11 is 0. The molecule has 0 aliphatic heterocycles. The molecule has 218 valence electrons. The summed E-state index contributed by atoms with van der Waals surface area (Å²) in [5.74, 6) is -0.864. The smallest absolute Gasteiger partial charge is 0.305 e. The van der Waals surface area contributed by atoms with E-state index in [1.54, 1.807) is 0 Å². The Morgan fingerprint density at radius 3 is 1.68 bits per heavy atom. The highest BCUT2D eigenvalue weighted by atomic mass is 16.6. The average molecular weight is 537 g/mol. The number of hydrogen-bond acceptors (Lipinski definition) is 7. The molecular formula is C31H52O7. The molecule has 0 heterocycles. The van der Waals surface area contributed by atoms with E-state index < -0.39 is 24.3 Å². The summed E-state index contributed by atoms with van der Waals surface area (Å²) in [6, 6.07) is 0. The van der Waals surface area contributed by atoms with Gasteiger partial charge in [-0.3, -0.25) is 9.59 Å². The molecule has 38 heavy (non-hydrogen) atoms. The summed E-state index contributed by atoms with van der Waals surface area (Å²) in [6.07, 6.45) is 23.8. The van der Waals surface area contributed by atoms with E-state index in [9.17, 15) is 24.9 Å². The fourth-order valence-electron chi connectivity index (χ4n) is 3.46. The maximum absolute atomic E-state index is 11.9. The summed E-state index contributed by atoms with van der Waals surface area (Å²) in [7, 11) is 0. The number of rotatable bonds is 24. The molecule has 0 spiro atoms.